The molecule has 0 radical (unpaired) electrons. The number of nitrogens with zero attached hydrogens (tertiary/aromatic N) is 2. The average molecular weight is 597 g/mol. The number of hydrogen-bond acceptors (Lipinski definition) is 5. The van der Waals surface area contributed by atoms with Gasteiger partial charge in [0.05, 0.1) is 16.8 Å². The highest BCUT2D eigenvalue weighted by atomic mass is 35.5. The number of carbonyl (C=O) groups excluding carboxylic acids is 1. The predicted octanol–water partition coefficient (Wildman–Crippen LogP) is 6.53. The lowest BCUT2D eigenvalue weighted by atomic mass is 10.2. The van der Waals surface area contributed by atoms with Gasteiger partial charge in [0.15, 0.2) is 0 Å². The van der Waals surface area contributed by atoms with Crippen LogP contribution < -0.4 is 14.5 Å². The number of nitrogens with one attached hydrogen (secondary N) is 1. The van der Waals surface area contributed by atoms with Crippen molar-refractivity contribution in [2.24, 2.45) is 5.10 Å². The highest BCUT2D eigenvalue weighted by molar-refractivity contribution is 7.92. The minimum atomic E-state index is -4.08. The maximum Gasteiger partial charge on any atom is 0.264 e. The van der Waals surface area contributed by atoms with Crippen molar-refractivity contribution in [3.05, 3.63) is 123 Å². The van der Waals surface area contributed by atoms with E-state index in [2.05, 4.69) is 10.5 Å². The van der Waals surface area contributed by atoms with Crippen molar-refractivity contribution in [1.29, 1.82) is 0 Å². The van der Waals surface area contributed by atoms with E-state index in [9.17, 15) is 13.2 Å². The SMILES string of the molecule is Cc1ccc(S(=O)(=O)N(CC(=O)N/N=C\c2ccc(OCc3ccccc3Cl)cc2)c2cc(Cl)ccc2C)cc1. The molecule has 0 fully saturated rings. The van der Waals surface area contributed by atoms with Gasteiger partial charge in [-0.3, -0.25) is 9.10 Å². The number of hydrogen-bond donors (Lipinski definition) is 1. The lowest BCUT2D eigenvalue weighted by Gasteiger charge is -2.25. The van der Waals surface area contributed by atoms with Gasteiger partial charge in [0.1, 0.15) is 18.9 Å². The van der Waals surface area contributed by atoms with E-state index in [4.69, 9.17) is 27.9 Å². The van der Waals surface area contributed by atoms with E-state index in [1.54, 1.807) is 61.5 Å². The van der Waals surface area contributed by atoms with Crippen LogP contribution in [0.25, 0.3) is 0 Å². The molecule has 0 atom stereocenters. The molecule has 0 aliphatic rings. The molecule has 0 bridgehead atoms. The largest absolute Gasteiger partial charge is 0.489 e. The molecule has 40 heavy (non-hydrogen) atoms. The van der Waals surface area contributed by atoms with E-state index < -0.39 is 22.5 Å². The summed E-state index contributed by atoms with van der Waals surface area (Å²) < 4.78 is 34.0. The zero-order valence-corrected chi connectivity index (χ0v) is 24.2. The van der Waals surface area contributed by atoms with Crippen molar-refractivity contribution in [1.82, 2.24) is 5.43 Å². The molecule has 0 saturated carbocycles. The Hall–Kier alpha value is -3.85. The van der Waals surface area contributed by atoms with Crippen LogP contribution in [-0.2, 0) is 21.4 Å². The van der Waals surface area contributed by atoms with Gasteiger partial charge < -0.3 is 4.74 Å². The molecule has 0 spiro atoms. The Morgan fingerprint density at radius 2 is 1.65 bits per heavy atom. The van der Waals surface area contributed by atoms with Crippen LogP contribution in [-0.4, -0.2) is 27.1 Å². The zero-order valence-electron chi connectivity index (χ0n) is 21.8. The van der Waals surface area contributed by atoms with E-state index in [0.717, 1.165) is 15.4 Å². The van der Waals surface area contributed by atoms with E-state index in [-0.39, 0.29) is 4.90 Å². The molecule has 0 aliphatic carbocycles. The summed E-state index contributed by atoms with van der Waals surface area (Å²) in [5.41, 5.74) is 5.86. The highest BCUT2D eigenvalue weighted by Crippen LogP contribution is 2.29. The zero-order chi connectivity index (χ0) is 28.7. The number of sulfonamides is 1. The van der Waals surface area contributed by atoms with E-state index in [0.29, 0.717) is 39.2 Å². The van der Waals surface area contributed by atoms with Gasteiger partial charge in [-0.15, -0.1) is 0 Å². The topological polar surface area (TPSA) is 88.1 Å². The van der Waals surface area contributed by atoms with Crippen LogP contribution >= 0.6 is 23.2 Å². The van der Waals surface area contributed by atoms with Crippen molar-refractivity contribution < 1.29 is 17.9 Å². The standard InChI is InChI=1S/C30H27Cl2N3O4S/c1-21-7-15-27(16-8-21)40(37,38)35(29-17-25(31)12-9-22(29)2)19-30(36)34-33-18-23-10-13-26(14-11-23)39-20-24-5-3-4-6-28(24)32/h3-18H,19-20H2,1-2H3,(H,34,36)/b33-18-. The quantitative estimate of drug-likeness (QED) is 0.167. The van der Waals surface area contributed by atoms with Crippen LogP contribution in [0.5, 0.6) is 5.75 Å². The first-order valence-electron chi connectivity index (χ1n) is 12.3. The first kappa shape index (κ1) is 29.1. The number of carbonyl (C=O) groups is 1. The number of ether oxygens (including phenoxy) is 1. The van der Waals surface area contributed by atoms with Crippen LogP contribution in [0.3, 0.4) is 0 Å². The molecule has 4 rings (SSSR count). The summed E-state index contributed by atoms with van der Waals surface area (Å²) in [5.74, 6) is 0.0287. The number of benzene rings is 4. The smallest absolute Gasteiger partial charge is 0.264 e. The van der Waals surface area contributed by atoms with E-state index >= 15 is 0 Å². The third-order valence-corrected chi connectivity index (χ3v) is 8.35. The monoisotopic (exact) mass is 595 g/mol. The molecular formula is C30H27Cl2N3O4S. The maximum atomic E-state index is 13.6. The molecule has 0 aliphatic heterocycles. The van der Waals surface area contributed by atoms with Crippen molar-refractivity contribution in [2.45, 2.75) is 25.3 Å². The summed E-state index contributed by atoms with van der Waals surface area (Å²) in [6.45, 7) is 3.45. The number of amides is 1. The average Bonchev–Trinajstić information content (AvgIpc) is 2.93. The van der Waals surface area contributed by atoms with Crippen molar-refractivity contribution in [3.63, 3.8) is 0 Å². The molecule has 1 N–H and O–H groups in total. The maximum absolute atomic E-state index is 13.6. The molecule has 0 unspecified atom stereocenters. The molecule has 0 heterocycles. The number of aryl methyl sites for hydroxylation is 2. The van der Waals surface area contributed by atoms with Crippen LogP contribution in [0.4, 0.5) is 5.69 Å². The number of anilines is 1. The fourth-order valence-electron chi connectivity index (χ4n) is 3.76. The Bertz CT molecular complexity index is 1620. The third kappa shape index (κ3) is 7.41. The molecule has 4 aromatic carbocycles. The third-order valence-electron chi connectivity index (χ3n) is 5.97. The van der Waals surface area contributed by atoms with E-state index in [1.807, 2.05) is 25.1 Å². The number of hydrazone groups is 1. The minimum absolute atomic E-state index is 0.0608. The summed E-state index contributed by atoms with van der Waals surface area (Å²) in [6, 6.07) is 25.9. The minimum Gasteiger partial charge on any atom is -0.489 e. The predicted molar refractivity (Wildman–Crippen MR) is 160 cm³/mol. The second kappa shape index (κ2) is 13.0. The Kier molecular flexibility index (Phi) is 9.47. The molecule has 0 aromatic heterocycles. The Morgan fingerprint density at radius 3 is 2.35 bits per heavy atom. The van der Waals surface area contributed by atoms with E-state index in [1.165, 1.54) is 24.4 Å². The summed E-state index contributed by atoms with van der Waals surface area (Å²) in [4.78, 5) is 12.9. The molecule has 7 nitrogen and oxygen atoms in total. The van der Waals surface area contributed by atoms with Gasteiger partial charge in [-0.05, 0) is 79.6 Å². The molecule has 206 valence electrons. The van der Waals surface area contributed by atoms with Gasteiger partial charge in [0.25, 0.3) is 15.9 Å². The molecule has 10 heteroatoms. The molecular weight excluding hydrogens is 569 g/mol. The molecule has 4 aromatic rings. The van der Waals surface area contributed by atoms with Crippen molar-refractivity contribution in [2.75, 3.05) is 10.8 Å². The lowest BCUT2D eigenvalue weighted by Crippen LogP contribution is -2.40. The summed E-state index contributed by atoms with van der Waals surface area (Å²) in [5, 5.41) is 4.99. The van der Waals surface area contributed by atoms with Crippen LogP contribution in [0.15, 0.2) is 101 Å². The normalized spacial score (nSPS) is 11.4. The van der Waals surface area contributed by atoms with Crippen molar-refractivity contribution in [3.8, 4) is 5.75 Å². The van der Waals surface area contributed by atoms with Gasteiger partial charge in [-0.1, -0.05) is 65.2 Å². The summed E-state index contributed by atoms with van der Waals surface area (Å²) >= 11 is 12.3. The van der Waals surface area contributed by atoms with Gasteiger partial charge in [-0.25, -0.2) is 13.8 Å². The van der Waals surface area contributed by atoms with Gasteiger partial charge >= 0.3 is 0 Å². The van der Waals surface area contributed by atoms with Crippen LogP contribution in [0, 0.1) is 13.8 Å². The first-order chi connectivity index (χ1) is 19.1. The molecule has 1 amide bonds. The Morgan fingerprint density at radius 1 is 0.950 bits per heavy atom. The van der Waals surface area contributed by atoms with Crippen LogP contribution in [0.1, 0.15) is 22.3 Å². The number of halogens is 2. The summed E-state index contributed by atoms with van der Waals surface area (Å²) in [7, 11) is -4.08. The van der Waals surface area contributed by atoms with Crippen LogP contribution in [0.2, 0.25) is 10.0 Å². The fraction of sp³-hybridized carbons (Fsp3) is 0.133. The number of rotatable bonds is 10. The summed E-state index contributed by atoms with van der Waals surface area (Å²) in [6.07, 6.45) is 1.46. The van der Waals surface area contributed by atoms with Gasteiger partial charge in [0, 0.05) is 15.6 Å². The lowest BCUT2D eigenvalue weighted by molar-refractivity contribution is -0.119. The first-order valence-corrected chi connectivity index (χ1v) is 14.5. The second-order valence-corrected chi connectivity index (χ2v) is 11.7. The second-order valence-electron chi connectivity index (χ2n) is 9.00. The Labute approximate surface area is 244 Å². The Balaban J connectivity index is 1.44. The van der Waals surface area contributed by atoms with Gasteiger partial charge in [-0.2, -0.15) is 5.10 Å². The van der Waals surface area contributed by atoms with Crippen molar-refractivity contribution >= 4 is 51.0 Å². The fourth-order valence-corrected chi connectivity index (χ4v) is 5.59. The van der Waals surface area contributed by atoms with Gasteiger partial charge in [0.2, 0.25) is 0 Å². The molecule has 0 saturated heterocycles. The highest BCUT2D eigenvalue weighted by Gasteiger charge is 2.28.